The summed E-state index contributed by atoms with van der Waals surface area (Å²) in [5, 5.41) is 12.1. The second kappa shape index (κ2) is 5.21. The van der Waals surface area contributed by atoms with Crippen LogP contribution in [0.15, 0.2) is 18.2 Å². The van der Waals surface area contributed by atoms with Crippen molar-refractivity contribution >= 4 is 11.7 Å². The number of hydrogen-bond donors (Lipinski definition) is 2. The summed E-state index contributed by atoms with van der Waals surface area (Å²) in [5.74, 6) is -0.571. The smallest absolute Gasteiger partial charge is 0.255 e. The zero-order valence-corrected chi connectivity index (χ0v) is 11.2. The highest BCUT2D eigenvalue weighted by molar-refractivity contribution is 5.99. The molecule has 1 amide bonds. The molecule has 4 heteroatoms. The Balaban J connectivity index is 2.72. The fourth-order valence-electron chi connectivity index (χ4n) is 1.35. The Labute approximate surface area is 107 Å². The number of aryl methyl sites for hydroxylation is 1. The molecule has 1 rings (SSSR count). The summed E-state index contributed by atoms with van der Waals surface area (Å²) in [5.41, 5.74) is 0.582. The highest BCUT2D eigenvalue weighted by Crippen LogP contribution is 2.18. The molecule has 0 aliphatic heterocycles. The third-order valence-corrected chi connectivity index (χ3v) is 2.64. The molecule has 98 valence electrons. The van der Waals surface area contributed by atoms with Crippen LogP contribution in [0.3, 0.4) is 0 Å². The number of nitrogens with one attached hydrogen (secondary N) is 1. The van der Waals surface area contributed by atoms with E-state index in [9.17, 15) is 14.7 Å². The minimum absolute atomic E-state index is 0.0320. The molecule has 0 fully saturated rings. The van der Waals surface area contributed by atoms with E-state index in [-0.39, 0.29) is 23.6 Å². The van der Waals surface area contributed by atoms with E-state index in [0.29, 0.717) is 0 Å². The standard InChI is InChI=1S/C14H19NO3/c1-9-5-6-11(16)10(7-9)13(18)15-8-12(17)14(2,3)4/h5-7,16H,8H2,1-4H3,(H,15,18). The minimum Gasteiger partial charge on any atom is -0.507 e. The number of hydrogen-bond acceptors (Lipinski definition) is 3. The average Bonchev–Trinajstić information content (AvgIpc) is 2.27. The maximum atomic E-state index is 11.8. The molecule has 1 aromatic carbocycles. The van der Waals surface area contributed by atoms with Gasteiger partial charge in [-0.2, -0.15) is 0 Å². The summed E-state index contributed by atoms with van der Waals surface area (Å²) in [6.45, 7) is 7.19. The molecule has 2 N–H and O–H groups in total. The number of rotatable bonds is 3. The zero-order valence-electron chi connectivity index (χ0n) is 11.2. The van der Waals surface area contributed by atoms with E-state index in [1.807, 2.05) is 6.92 Å². The van der Waals surface area contributed by atoms with Crippen molar-refractivity contribution in [3.05, 3.63) is 29.3 Å². The first kappa shape index (κ1) is 14.2. The quantitative estimate of drug-likeness (QED) is 0.861. The second-order valence-electron chi connectivity index (χ2n) is 5.38. The minimum atomic E-state index is -0.484. The van der Waals surface area contributed by atoms with Crippen LogP contribution in [0.1, 0.15) is 36.7 Å². The molecule has 0 aromatic heterocycles. The Morgan fingerprint density at radius 1 is 1.28 bits per heavy atom. The largest absolute Gasteiger partial charge is 0.507 e. The first-order chi connectivity index (χ1) is 8.21. The number of carbonyl (C=O) groups excluding carboxylic acids is 2. The van der Waals surface area contributed by atoms with Crippen LogP contribution in [-0.4, -0.2) is 23.3 Å². The number of benzene rings is 1. The van der Waals surface area contributed by atoms with E-state index in [1.54, 1.807) is 32.9 Å². The molecule has 0 aliphatic carbocycles. The fraction of sp³-hybridized carbons (Fsp3) is 0.429. The van der Waals surface area contributed by atoms with Crippen molar-refractivity contribution in [1.29, 1.82) is 0 Å². The van der Waals surface area contributed by atoms with Gasteiger partial charge in [-0.1, -0.05) is 32.4 Å². The maximum Gasteiger partial charge on any atom is 0.255 e. The number of phenols is 1. The number of carbonyl (C=O) groups is 2. The van der Waals surface area contributed by atoms with Crippen LogP contribution in [0.5, 0.6) is 5.75 Å². The normalized spacial score (nSPS) is 11.1. The summed E-state index contributed by atoms with van der Waals surface area (Å²) in [7, 11) is 0. The van der Waals surface area contributed by atoms with E-state index in [4.69, 9.17) is 0 Å². The van der Waals surface area contributed by atoms with Crippen molar-refractivity contribution < 1.29 is 14.7 Å². The van der Waals surface area contributed by atoms with Gasteiger partial charge in [-0.05, 0) is 19.1 Å². The van der Waals surface area contributed by atoms with Crippen molar-refractivity contribution in [1.82, 2.24) is 5.32 Å². The number of phenolic OH excluding ortho intramolecular Hbond substituents is 1. The Morgan fingerprint density at radius 3 is 2.44 bits per heavy atom. The lowest BCUT2D eigenvalue weighted by molar-refractivity contribution is -0.125. The van der Waals surface area contributed by atoms with Gasteiger partial charge in [0, 0.05) is 5.41 Å². The van der Waals surface area contributed by atoms with E-state index in [2.05, 4.69) is 5.32 Å². The first-order valence-corrected chi connectivity index (χ1v) is 5.83. The number of amides is 1. The molecular weight excluding hydrogens is 230 g/mol. The predicted octanol–water partition coefficient (Wildman–Crippen LogP) is 2.05. The molecule has 1 aromatic rings. The van der Waals surface area contributed by atoms with Crippen LogP contribution < -0.4 is 5.32 Å². The maximum absolute atomic E-state index is 11.8. The van der Waals surface area contributed by atoms with Crippen LogP contribution >= 0.6 is 0 Å². The van der Waals surface area contributed by atoms with Crippen molar-refractivity contribution in [2.45, 2.75) is 27.7 Å². The Morgan fingerprint density at radius 2 is 1.89 bits per heavy atom. The molecule has 0 radical (unpaired) electrons. The summed E-state index contributed by atoms with van der Waals surface area (Å²) >= 11 is 0. The van der Waals surface area contributed by atoms with Crippen LogP contribution in [-0.2, 0) is 4.79 Å². The number of aromatic hydroxyl groups is 1. The first-order valence-electron chi connectivity index (χ1n) is 5.83. The van der Waals surface area contributed by atoms with Crippen LogP contribution in [0.2, 0.25) is 0 Å². The molecule has 0 aliphatic rings. The van der Waals surface area contributed by atoms with Crippen LogP contribution in [0, 0.1) is 12.3 Å². The van der Waals surface area contributed by atoms with E-state index in [1.165, 1.54) is 6.07 Å². The van der Waals surface area contributed by atoms with Crippen molar-refractivity contribution in [2.75, 3.05) is 6.54 Å². The van der Waals surface area contributed by atoms with Crippen molar-refractivity contribution in [3.8, 4) is 5.75 Å². The molecule has 0 atom stereocenters. The molecule has 0 saturated heterocycles. The average molecular weight is 249 g/mol. The zero-order chi connectivity index (χ0) is 13.9. The SMILES string of the molecule is Cc1ccc(O)c(C(=O)NCC(=O)C(C)(C)C)c1. The highest BCUT2D eigenvalue weighted by atomic mass is 16.3. The molecule has 4 nitrogen and oxygen atoms in total. The van der Waals surface area contributed by atoms with Gasteiger partial charge in [-0.3, -0.25) is 9.59 Å². The Kier molecular flexibility index (Phi) is 4.11. The van der Waals surface area contributed by atoms with Gasteiger partial charge in [-0.25, -0.2) is 0 Å². The molecule has 0 spiro atoms. The van der Waals surface area contributed by atoms with Gasteiger partial charge in [0.05, 0.1) is 12.1 Å². The molecule has 0 bridgehead atoms. The number of ketones is 1. The second-order valence-corrected chi connectivity index (χ2v) is 5.38. The van der Waals surface area contributed by atoms with Gasteiger partial charge in [0.1, 0.15) is 5.75 Å². The van der Waals surface area contributed by atoms with Crippen LogP contribution in [0.25, 0.3) is 0 Å². The van der Waals surface area contributed by atoms with Crippen LogP contribution in [0.4, 0.5) is 0 Å². The third kappa shape index (κ3) is 3.58. The lowest BCUT2D eigenvalue weighted by Gasteiger charge is -2.16. The highest BCUT2D eigenvalue weighted by Gasteiger charge is 2.22. The van der Waals surface area contributed by atoms with Crippen molar-refractivity contribution in [3.63, 3.8) is 0 Å². The van der Waals surface area contributed by atoms with Gasteiger partial charge < -0.3 is 10.4 Å². The lowest BCUT2D eigenvalue weighted by atomic mass is 9.91. The summed E-state index contributed by atoms with van der Waals surface area (Å²) < 4.78 is 0. The summed E-state index contributed by atoms with van der Waals surface area (Å²) in [6.07, 6.45) is 0. The van der Waals surface area contributed by atoms with Gasteiger partial charge >= 0.3 is 0 Å². The summed E-state index contributed by atoms with van der Waals surface area (Å²) in [6, 6.07) is 4.77. The monoisotopic (exact) mass is 249 g/mol. The third-order valence-electron chi connectivity index (χ3n) is 2.64. The summed E-state index contributed by atoms with van der Waals surface area (Å²) in [4.78, 5) is 23.5. The van der Waals surface area contributed by atoms with Gasteiger partial charge in [0.25, 0.3) is 5.91 Å². The van der Waals surface area contributed by atoms with E-state index < -0.39 is 11.3 Å². The fourth-order valence-corrected chi connectivity index (χ4v) is 1.35. The molecular formula is C14H19NO3. The van der Waals surface area contributed by atoms with Gasteiger partial charge in [0.2, 0.25) is 0 Å². The predicted molar refractivity (Wildman–Crippen MR) is 69.6 cm³/mol. The van der Waals surface area contributed by atoms with Gasteiger partial charge in [0.15, 0.2) is 5.78 Å². The number of Topliss-reactive ketones (excluding diaryl/α,β-unsaturated/α-hetero) is 1. The molecule has 0 saturated carbocycles. The van der Waals surface area contributed by atoms with Crippen molar-refractivity contribution in [2.24, 2.45) is 5.41 Å². The van der Waals surface area contributed by atoms with E-state index >= 15 is 0 Å². The molecule has 0 heterocycles. The Bertz CT molecular complexity index is 472. The topological polar surface area (TPSA) is 66.4 Å². The Hall–Kier alpha value is -1.84. The molecule has 18 heavy (non-hydrogen) atoms. The van der Waals surface area contributed by atoms with Gasteiger partial charge in [-0.15, -0.1) is 0 Å². The molecule has 0 unspecified atom stereocenters. The lowest BCUT2D eigenvalue weighted by Crippen LogP contribution is -2.35. The van der Waals surface area contributed by atoms with E-state index in [0.717, 1.165) is 5.56 Å².